The zero-order chi connectivity index (χ0) is 16.3. The lowest BCUT2D eigenvalue weighted by atomic mass is 10.1. The first-order chi connectivity index (χ1) is 10.4. The van der Waals surface area contributed by atoms with E-state index >= 15 is 0 Å². The average Bonchev–Trinajstić information content (AvgIpc) is 2.48. The SMILES string of the molecule is CN(C)S(=O)(=O)N1CCN(C(C#N)c2cccc(Cl)c2)CC1. The molecule has 0 amide bonds. The summed E-state index contributed by atoms with van der Waals surface area (Å²) < 4.78 is 26.8. The number of benzene rings is 1. The van der Waals surface area contributed by atoms with Crippen LogP contribution in [-0.4, -0.2) is 62.2 Å². The van der Waals surface area contributed by atoms with Gasteiger partial charge < -0.3 is 0 Å². The van der Waals surface area contributed by atoms with Gasteiger partial charge >= 0.3 is 0 Å². The topological polar surface area (TPSA) is 67.7 Å². The van der Waals surface area contributed by atoms with Crippen LogP contribution in [0, 0.1) is 11.3 Å². The molecule has 0 N–H and O–H groups in total. The first kappa shape index (κ1) is 17.2. The van der Waals surface area contributed by atoms with E-state index in [2.05, 4.69) is 6.07 Å². The fourth-order valence-corrected chi connectivity index (χ4v) is 3.75. The number of hydrogen-bond acceptors (Lipinski definition) is 4. The molecular weight excluding hydrogens is 324 g/mol. The Bertz CT molecular complexity index is 664. The van der Waals surface area contributed by atoms with Crippen LogP contribution in [0.3, 0.4) is 0 Å². The van der Waals surface area contributed by atoms with Crippen molar-refractivity contribution < 1.29 is 8.42 Å². The fourth-order valence-electron chi connectivity index (χ4n) is 2.47. The Balaban J connectivity index is 2.09. The van der Waals surface area contributed by atoms with Gasteiger partial charge in [-0.3, -0.25) is 4.90 Å². The molecule has 1 aromatic carbocycles. The third-order valence-electron chi connectivity index (χ3n) is 3.71. The molecule has 120 valence electrons. The maximum absolute atomic E-state index is 12.1. The minimum absolute atomic E-state index is 0.374. The molecule has 0 aromatic heterocycles. The predicted molar refractivity (Wildman–Crippen MR) is 85.6 cm³/mol. The van der Waals surface area contributed by atoms with Crippen molar-refractivity contribution in [3.63, 3.8) is 0 Å². The summed E-state index contributed by atoms with van der Waals surface area (Å²) in [5, 5.41) is 10.1. The van der Waals surface area contributed by atoms with Gasteiger partial charge in [0.25, 0.3) is 10.2 Å². The molecule has 1 atom stereocenters. The van der Waals surface area contributed by atoms with Crippen LogP contribution in [0.1, 0.15) is 11.6 Å². The molecule has 0 radical (unpaired) electrons. The number of nitriles is 1. The van der Waals surface area contributed by atoms with Gasteiger partial charge in [-0.2, -0.15) is 22.3 Å². The largest absolute Gasteiger partial charge is 0.282 e. The molecule has 0 bridgehead atoms. The van der Waals surface area contributed by atoms with Crippen LogP contribution in [0.5, 0.6) is 0 Å². The van der Waals surface area contributed by atoms with E-state index in [0.29, 0.717) is 31.2 Å². The van der Waals surface area contributed by atoms with E-state index in [1.54, 1.807) is 12.1 Å². The Kier molecular flexibility index (Phi) is 5.42. The first-order valence-corrected chi connectivity index (χ1v) is 8.70. The highest BCUT2D eigenvalue weighted by atomic mass is 35.5. The van der Waals surface area contributed by atoms with Crippen molar-refractivity contribution in [2.75, 3.05) is 40.3 Å². The molecule has 1 aromatic rings. The Morgan fingerprint density at radius 3 is 2.41 bits per heavy atom. The van der Waals surface area contributed by atoms with Crippen LogP contribution < -0.4 is 0 Å². The van der Waals surface area contributed by atoms with E-state index in [9.17, 15) is 13.7 Å². The summed E-state index contributed by atoms with van der Waals surface area (Å²) >= 11 is 5.98. The van der Waals surface area contributed by atoms with Crippen LogP contribution in [0.4, 0.5) is 0 Å². The standard InChI is InChI=1S/C14H19ClN4O2S/c1-17(2)22(20,21)19-8-6-18(7-9-19)14(11-16)12-4-3-5-13(15)10-12/h3-5,10,14H,6-9H2,1-2H3. The predicted octanol–water partition coefficient (Wildman–Crippen LogP) is 1.33. The third-order valence-corrected chi connectivity index (χ3v) is 5.89. The van der Waals surface area contributed by atoms with Crippen molar-refractivity contribution in [1.29, 1.82) is 5.26 Å². The summed E-state index contributed by atoms with van der Waals surface area (Å²) in [7, 11) is -0.352. The van der Waals surface area contributed by atoms with Crippen molar-refractivity contribution in [2.45, 2.75) is 6.04 Å². The highest BCUT2D eigenvalue weighted by molar-refractivity contribution is 7.86. The van der Waals surface area contributed by atoms with Gasteiger partial charge in [0.05, 0.1) is 6.07 Å². The second-order valence-electron chi connectivity index (χ2n) is 5.31. The van der Waals surface area contributed by atoms with Gasteiger partial charge in [0.2, 0.25) is 0 Å². The number of rotatable bonds is 4. The highest BCUT2D eigenvalue weighted by Crippen LogP contribution is 2.24. The Morgan fingerprint density at radius 2 is 1.91 bits per heavy atom. The molecule has 2 rings (SSSR count). The highest BCUT2D eigenvalue weighted by Gasteiger charge is 2.31. The summed E-state index contributed by atoms with van der Waals surface area (Å²) in [5.74, 6) is 0. The van der Waals surface area contributed by atoms with Crippen molar-refractivity contribution in [2.24, 2.45) is 0 Å². The van der Waals surface area contributed by atoms with Crippen LogP contribution in [0.25, 0.3) is 0 Å². The van der Waals surface area contributed by atoms with E-state index in [-0.39, 0.29) is 0 Å². The smallest absolute Gasteiger partial charge is 0.281 e. The summed E-state index contributed by atoms with van der Waals surface area (Å²) in [6, 6.07) is 9.09. The molecule has 1 aliphatic rings. The van der Waals surface area contributed by atoms with Crippen LogP contribution in [0.2, 0.25) is 5.02 Å². The van der Waals surface area contributed by atoms with Crippen LogP contribution >= 0.6 is 11.6 Å². The van der Waals surface area contributed by atoms with Crippen molar-refractivity contribution >= 4 is 21.8 Å². The van der Waals surface area contributed by atoms with Crippen molar-refractivity contribution in [3.8, 4) is 6.07 Å². The molecule has 22 heavy (non-hydrogen) atoms. The quantitative estimate of drug-likeness (QED) is 0.827. The normalized spacial score (nSPS) is 19.0. The molecule has 1 unspecified atom stereocenters. The maximum Gasteiger partial charge on any atom is 0.281 e. The Hall–Kier alpha value is -1.17. The molecule has 1 fully saturated rings. The maximum atomic E-state index is 12.1. The minimum atomic E-state index is -3.39. The summed E-state index contributed by atoms with van der Waals surface area (Å²) in [4.78, 5) is 1.98. The van der Waals surface area contributed by atoms with Gasteiger partial charge in [-0.25, -0.2) is 0 Å². The van der Waals surface area contributed by atoms with Gasteiger partial charge in [-0.15, -0.1) is 0 Å². The summed E-state index contributed by atoms with van der Waals surface area (Å²) in [5.41, 5.74) is 0.832. The van der Waals surface area contributed by atoms with Gasteiger partial charge in [0.15, 0.2) is 0 Å². The fraction of sp³-hybridized carbons (Fsp3) is 0.500. The lowest BCUT2D eigenvalue weighted by Gasteiger charge is -2.37. The van der Waals surface area contributed by atoms with Crippen molar-refractivity contribution in [3.05, 3.63) is 34.9 Å². The molecule has 1 aliphatic heterocycles. The monoisotopic (exact) mass is 342 g/mol. The van der Waals surface area contributed by atoms with E-state index in [0.717, 1.165) is 5.56 Å². The Labute approximate surface area is 136 Å². The molecule has 1 heterocycles. The lowest BCUT2D eigenvalue weighted by Crippen LogP contribution is -2.52. The third kappa shape index (κ3) is 3.59. The molecule has 8 heteroatoms. The van der Waals surface area contributed by atoms with E-state index in [1.807, 2.05) is 17.0 Å². The average molecular weight is 343 g/mol. The second-order valence-corrected chi connectivity index (χ2v) is 7.89. The minimum Gasteiger partial charge on any atom is -0.282 e. The van der Waals surface area contributed by atoms with Gasteiger partial charge in [-0.1, -0.05) is 23.7 Å². The zero-order valence-electron chi connectivity index (χ0n) is 12.6. The molecule has 0 spiro atoms. The molecule has 6 nitrogen and oxygen atoms in total. The number of halogens is 1. The van der Waals surface area contributed by atoms with Crippen LogP contribution in [0.15, 0.2) is 24.3 Å². The summed E-state index contributed by atoms with van der Waals surface area (Å²) in [6.07, 6.45) is 0. The van der Waals surface area contributed by atoms with Gasteiger partial charge in [-0.05, 0) is 17.7 Å². The molecule has 1 saturated heterocycles. The van der Waals surface area contributed by atoms with Gasteiger partial charge in [0, 0.05) is 45.3 Å². The van der Waals surface area contributed by atoms with Gasteiger partial charge in [0.1, 0.15) is 6.04 Å². The first-order valence-electron chi connectivity index (χ1n) is 6.93. The zero-order valence-corrected chi connectivity index (χ0v) is 14.2. The summed E-state index contributed by atoms with van der Waals surface area (Å²) in [6.45, 7) is 1.77. The van der Waals surface area contributed by atoms with E-state index < -0.39 is 16.3 Å². The lowest BCUT2D eigenvalue weighted by molar-refractivity contribution is 0.159. The molecule has 0 aliphatic carbocycles. The number of nitrogens with zero attached hydrogens (tertiary/aromatic N) is 4. The van der Waals surface area contributed by atoms with Crippen LogP contribution in [-0.2, 0) is 10.2 Å². The Morgan fingerprint density at radius 1 is 1.27 bits per heavy atom. The molecular formula is C14H19ClN4O2S. The second kappa shape index (κ2) is 6.94. The number of hydrogen-bond donors (Lipinski definition) is 0. The van der Waals surface area contributed by atoms with Crippen molar-refractivity contribution in [1.82, 2.24) is 13.5 Å². The number of piperazine rings is 1. The molecule has 0 saturated carbocycles. The van der Waals surface area contributed by atoms with E-state index in [1.165, 1.54) is 22.7 Å². The van der Waals surface area contributed by atoms with E-state index in [4.69, 9.17) is 11.6 Å².